The van der Waals surface area contributed by atoms with Crippen molar-refractivity contribution in [2.75, 3.05) is 25.1 Å². The second-order valence-corrected chi connectivity index (χ2v) is 8.16. The van der Waals surface area contributed by atoms with Crippen molar-refractivity contribution in [2.24, 2.45) is 0 Å². The fraction of sp³-hybridized carbons (Fsp3) is 0.261. The lowest BCUT2D eigenvalue weighted by molar-refractivity contribution is -0.127. The highest BCUT2D eigenvalue weighted by Crippen LogP contribution is 2.35. The normalized spacial score (nSPS) is 14.5. The number of carbonyl (C=O) groups is 3. The van der Waals surface area contributed by atoms with Gasteiger partial charge < -0.3 is 20.1 Å². The number of nitrogens with zero attached hydrogens (tertiary/aromatic N) is 1. The number of carbonyl (C=O) groups excluding carboxylic acids is 3. The van der Waals surface area contributed by atoms with Gasteiger partial charge in [-0.25, -0.2) is 9.69 Å². The number of amides is 4. The summed E-state index contributed by atoms with van der Waals surface area (Å²) in [6.07, 6.45) is 1.55. The van der Waals surface area contributed by atoms with E-state index < -0.39 is 17.8 Å². The third kappa shape index (κ3) is 5.58. The number of benzene rings is 2. The maximum Gasteiger partial charge on any atom is 0.329 e. The number of aryl methyl sites for hydroxylation is 1. The number of anilines is 1. The molecule has 0 unspecified atom stereocenters. The van der Waals surface area contributed by atoms with Crippen molar-refractivity contribution < 1.29 is 23.9 Å². The van der Waals surface area contributed by atoms with Crippen molar-refractivity contribution in [2.45, 2.75) is 20.8 Å². The van der Waals surface area contributed by atoms with Gasteiger partial charge in [0.1, 0.15) is 12.2 Å². The number of hydrogen-bond donors (Lipinski definition) is 2. The first kappa shape index (κ1) is 23.6. The zero-order valence-corrected chi connectivity index (χ0v) is 20.2. The lowest BCUT2D eigenvalue weighted by Gasteiger charge is -2.14. The Balaban J connectivity index is 1.77. The van der Waals surface area contributed by atoms with E-state index in [2.05, 4.69) is 33.2 Å². The molecule has 0 spiro atoms. The fourth-order valence-corrected chi connectivity index (χ4v) is 3.95. The van der Waals surface area contributed by atoms with Crippen LogP contribution in [0.3, 0.4) is 0 Å². The third-order valence-electron chi connectivity index (χ3n) is 4.50. The van der Waals surface area contributed by atoms with Crippen LogP contribution in [0.15, 0.2) is 42.1 Å². The molecule has 168 valence electrons. The number of imide groups is 1. The van der Waals surface area contributed by atoms with Crippen LogP contribution < -0.4 is 20.1 Å². The first-order valence-electron chi connectivity index (χ1n) is 10.1. The van der Waals surface area contributed by atoms with E-state index in [0.717, 1.165) is 14.0 Å². The molecule has 8 nitrogen and oxygen atoms in total. The molecule has 2 aromatic rings. The summed E-state index contributed by atoms with van der Waals surface area (Å²) in [4.78, 5) is 38.3. The molecule has 0 saturated carbocycles. The minimum atomic E-state index is -0.647. The Morgan fingerprint density at radius 3 is 2.59 bits per heavy atom. The van der Waals surface area contributed by atoms with Gasteiger partial charge in [0.25, 0.3) is 5.91 Å². The molecule has 0 atom stereocenters. The molecule has 0 radical (unpaired) electrons. The number of rotatable bonds is 8. The molecule has 0 aromatic heterocycles. The lowest BCUT2D eigenvalue weighted by atomic mass is 10.1. The van der Waals surface area contributed by atoms with Crippen LogP contribution in [0.5, 0.6) is 11.5 Å². The van der Waals surface area contributed by atoms with Crippen LogP contribution in [-0.4, -0.2) is 42.5 Å². The van der Waals surface area contributed by atoms with Crippen molar-refractivity contribution in [3.63, 3.8) is 0 Å². The topological polar surface area (TPSA) is 97.0 Å². The fourth-order valence-electron chi connectivity index (χ4n) is 3.17. The summed E-state index contributed by atoms with van der Waals surface area (Å²) in [5, 5.41) is 5.23. The minimum absolute atomic E-state index is 0.0840. The van der Waals surface area contributed by atoms with Crippen LogP contribution in [0, 0.1) is 10.5 Å². The highest BCUT2D eigenvalue weighted by Gasteiger charge is 2.35. The Kier molecular flexibility index (Phi) is 7.73. The van der Waals surface area contributed by atoms with E-state index in [1.54, 1.807) is 24.3 Å². The Morgan fingerprint density at radius 1 is 1.16 bits per heavy atom. The molecule has 0 aliphatic carbocycles. The molecule has 1 heterocycles. The summed E-state index contributed by atoms with van der Waals surface area (Å²) >= 11 is 2.13. The maximum atomic E-state index is 12.8. The van der Waals surface area contributed by atoms with Gasteiger partial charge in [-0.3, -0.25) is 9.59 Å². The van der Waals surface area contributed by atoms with Gasteiger partial charge in [-0.15, -0.1) is 0 Å². The van der Waals surface area contributed by atoms with Crippen LogP contribution in [0.25, 0.3) is 6.08 Å². The second-order valence-electron chi connectivity index (χ2n) is 6.99. The number of ether oxygens (including phenoxy) is 2. The Hall–Kier alpha value is -3.08. The van der Waals surface area contributed by atoms with Crippen molar-refractivity contribution in [1.82, 2.24) is 10.2 Å². The minimum Gasteiger partial charge on any atom is -0.490 e. The summed E-state index contributed by atoms with van der Waals surface area (Å²) in [5.41, 5.74) is 2.33. The summed E-state index contributed by atoms with van der Waals surface area (Å²) in [5.74, 6) is 0.151. The average molecular weight is 549 g/mol. The molecule has 9 heteroatoms. The molecular weight excluding hydrogens is 525 g/mol. The molecule has 1 aliphatic rings. The number of halogens is 1. The molecule has 0 bridgehead atoms. The number of nitrogens with one attached hydrogen (secondary N) is 2. The summed E-state index contributed by atoms with van der Waals surface area (Å²) in [7, 11) is 0. The molecule has 3 rings (SSSR count). The van der Waals surface area contributed by atoms with E-state index in [0.29, 0.717) is 36.0 Å². The monoisotopic (exact) mass is 549 g/mol. The van der Waals surface area contributed by atoms with Crippen molar-refractivity contribution in [3.8, 4) is 11.5 Å². The van der Waals surface area contributed by atoms with Gasteiger partial charge in [0.15, 0.2) is 11.5 Å². The van der Waals surface area contributed by atoms with Gasteiger partial charge in [-0.1, -0.05) is 12.1 Å². The van der Waals surface area contributed by atoms with Crippen LogP contribution in [0.4, 0.5) is 10.5 Å². The predicted molar refractivity (Wildman–Crippen MR) is 130 cm³/mol. The van der Waals surface area contributed by atoms with Gasteiger partial charge in [-0.05, 0) is 84.8 Å². The van der Waals surface area contributed by atoms with Crippen LogP contribution in [0.2, 0.25) is 0 Å². The standard InChI is InChI=1S/C23H24IN3O5/c1-4-31-19-12-15(10-17(24)21(19)32-5-2)11-18-22(29)27(23(30)26-18)13-20(28)25-16-8-6-7-14(3)9-16/h6-12H,4-5,13H2,1-3H3,(H,25,28)(H,26,30)/b18-11+. The number of urea groups is 1. The van der Waals surface area contributed by atoms with E-state index in [4.69, 9.17) is 9.47 Å². The van der Waals surface area contributed by atoms with Crippen molar-refractivity contribution >= 4 is 52.2 Å². The Bertz CT molecular complexity index is 1080. The molecule has 2 N–H and O–H groups in total. The first-order valence-corrected chi connectivity index (χ1v) is 11.2. The third-order valence-corrected chi connectivity index (χ3v) is 5.30. The quantitative estimate of drug-likeness (QED) is 0.296. The van der Waals surface area contributed by atoms with Crippen molar-refractivity contribution in [3.05, 3.63) is 56.8 Å². The second kappa shape index (κ2) is 10.5. The van der Waals surface area contributed by atoms with E-state index in [-0.39, 0.29) is 12.2 Å². The maximum absolute atomic E-state index is 12.8. The molecule has 4 amide bonds. The van der Waals surface area contributed by atoms with E-state index >= 15 is 0 Å². The van der Waals surface area contributed by atoms with Crippen LogP contribution in [0.1, 0.15) is 25.0 Å². The van der Waals surface area contributed by atoms with Gasteiger partial charge in [-0.2, -0.15) is 0 Å². The molecule has 1 fully saturated rings. The zero-order valence-electron chi connectivity index (χ0n) is 18.0. The first-order chi connectivity index (χ1) is 15.3. The highest BCUT2D eigenvalue weighted by molar-refractivity contribution is 14.1. The van der Waals surface area contributed by atoms with Gasteiger partial charge >= 0.3 is 6.03 Å². The Morgan fingerprint density at radius 2 is 1.91 bits per heavy atom. The van der Waals surface area contributed by atoms with Crippen LogP contribution in [-0.2, 0) is 9.59 Å². The SMILES string of the molecule is CCOc1cc(/C=C2/NC(=O)N(CC(=O)Nc3cccc(C)c3)C2=O)cc(I)c1OCC. The summed E-state index contributed by atoms with van der Waals surface area (Å²) < 4.78 is 12.1. The van der Waals surface area contributed by atoms with E-state index in [9.17, 15) is 14.4 Å². The van der Waals surface area contributed by atoms with Gasteiger partial charge in [0.05, 0.1) is 16.8 Å². The number of hydrogen-bond acceptors (Lipinski definition) is 5. The van der Waals surface area contributed by atoms with Gasteiger partial charge in [0.2, 0.25) is 5.91 Å². The molecule has 1 aliphatic heterocycles. The van der Waals surface area contributed by atoms with Gasteiger partial charge in [0, 0.05) is 5.69 Å². The Labute approximate surface area is 200 Å². The van der Waals surface area contributed by atoms with E-state index in [1.165, 1.54) is 0 Å². The average Bonchev–Trinajstić information content (AvgIpc) is 2.98. The van der Waals surface area contributed by atoms with Crippen LogP contribution >= 0.6 is 22.6 Å². The zero-order chi connectivity index (χ0) is 23.3. The molecule has 1 saturated heterocycles. The summed E-state index contributed by atoms with van der Waals surface area (Å²) in [6.45, 7) is 6.22. The highest BCUT2D eigenvalue weighted by atomic mass is 127. The smallest absolute Gasteiger partial charge is 0.329 e. The largest absolute Gasteiger partial charge is 0.490 e. The lowest BCUT2D eigenvalue weighted by Crippen LogP contribution is -2.38. The molecule has 32 heavy (non-hydrogen) atoms. The summed E-state index contributed by atoms with van der Waals surface area (Å²) in [6, 6.07) is 10.2. The van der Waals surface area contributed by atoms with Crippen molar-refractivity contribution in [1.29, 1.82) is 0 Å². The van der Waals surface area contributed by atoms with E-state index in [1.807, 2.05) is 39.0 Å². The molecular formula is C23H24IN3O5. The molecule has 2 aromatic carbocycles. The predicted octanol–water partition coefficient (Wildman–Crippen LogP) is 3.93.